The minimum absolute atomic E-state index is 0.0183. The van der Waals surface area contributed by atoms with Crippen LogP contribution in [-0.2, 0) is 4.79 Å². The number of ether oxygens (including phenoxy) is 1. The summed E-state index contributed by atoms with van der Waals surface area (Å²) in [6, 6.07) is 4.10. The van der Waals surface area contributed by atoms with E-state index in [0.29, 0.717) is 5.69 Å². The molecule has 0 radical (unpaired) electrons. The Bertz CT molecular complexity index is 407. The van der Waals surface area contributed by atoms with E-state index in [-0.39, 0.29) is 17.7 Å². The summed E-state index contributed by atoms with van der Waals surface area (Å²) in [6.07, 6.45) is -0.754. The molecule has 1 atom stereocenters. The van der Waals surface area contributed by atoms with Crippen molar-refractivity contribution < 1.29 is 13.9 Å². The molecule has 0 aliphatic heterocycles. The molecule has 0 fully saturated rings. The van der Waals surface area contributed by atoms with E-state index in [2.05, 4.69) is 5.32 Å². The van der Waals surface area contributed by atoms with Gasteiger partial charge in [-0.05, 0) is 32.9 Å². The van der Waals surface area contributed by atoms with Gasteiger partial charge in [0, 0.05) is 17.8 Å². The van der Waals surface area contributed by atoms with E-state index in [9.17, 15) is 9.18 Å². The van der Waals surface area contributed by atoms with Crippen LogP contribution in [0.4, 0.5) is 10.1 Å². The predicted octanol–water partition coefficient (Wildman–Crippen LogP) is 1.70. The van der Waals surface area contributed by atoms with Gasteiger partial charge >= 0.3 is 0 Å². The molecule has 17 heavy (non-hydrogen) atoms. The quantitative estimate of drug-likeness (QED) is 0.787. The lowest BCUT2D eigenvalue weighted by atomic mass is 10.3. The number of halogens is 1. The summed E-state index contributed by atoms with van der Waals surface area (Å²) >= 11 is 0. The van der Waals surface area contributed by atoms with Crippen LogP contribution in [0.3, 0.4) is 0 Å². The van der Waals surface area contributed by atoms with Gasteiger partial charge in [-0.3, -0.25) is 4.79 Å². The molecule has 5 heteroatoms. The van der Waals surface area contributed by atoms with Crippen LogP contribution >= 0.6 is 0 Å². The Hall–Kier alpha value is -1.78. The van der Waals surface area contributed by atoms with E-state index in [1.807, 2.05) is 13.8 Å². The van der Waals surface area contributed by atoms with Crippen LogP contribution < -0.4 is 15.8 Å². The lowest BCUT2D eigenvalue weighted by Crippen LogP contribution is -2.40. The summed E-state index contributed by atoms with van der Waals surface area (Å²) in [5.41, 5.74) is 5.72. The van der Waals surface area contributed by atoms with Crippen molar-refractivity contribution >= 4 is 11.6 Å². The third kappa shape index (κ3) is 3.94. The van der Waals surface area contributed by atoms with Crippen molar-refractivity contribution in [1.82, 2.24) is 5.32 Å². The second-order valence-electron chi connectivity index (χ2n) is 4.11. The lowest BCUT2D eigenvalue weighted by molar-refractivity contribution is -0.127. The highest BCUT2D eigenvalue weighted by Gasteiger charge is 2.17. The Morgan fingerprint density at radius 2 is 2.06 bits per heavy atom. The van der Waals surface area contributed by atoms with Crippen LogP contribution in [-0.4, -0.2) is 18.1 Å². The fourth-order valence-corrected chi connectivity index (χ4v) is 1.26. The number of benzene rings is 1. The molecule has 1 aromatic rings. The fourth-order valence-electron chi connectivity index (χ4n) is 1.26. The second-order valence-corrected chi connectivity index (χ2v) is 4.11. The Kier molecular flexibility index (Phi) is 4.31. The molecule has 0 aliphatic carbocycles. The van der Waals surface area contributed by atoms with Crippen LogP contribution in [0.15, 0.2) is 18.2 Å². The first kappa shape index (κ1) is 13.3. The number of carbonyl (C=O) groups excluding carboxylic acids is 1. The van der Waals surface area contributed by atoms with Gasteiger partial charge in [-0.25, -0.2) is 4.39 Å². The van der Waals surface area contributed by atoms with Crippen molar-refractivity contribution in [1.29, 1.82) is 0 Å². The molecule has 1 aromatic carbocycles. The van der Waals surface area contributed by atoms with Crippen LogP contribution in [0.5, 0.6) is 5.75 Å². The molecule has 0 aromatic heterocycles. The molecule has 0 saturated heterocycles. The summed E-state index contributed by atoms with van der Waals surface area (Å²) in [7, 11) is 0. The second kappa shape index (κ2) is 5.52. The zero-order chi connectivity index (χ0) is 13.0. The van der Waals surface area contributed by atoms with Gasteiger partial charge < -0.3 is 15.8 Å². The maximum Gasteiger partial charge on any atom is 0.260 e. The van der Waals surface area contributed by atoms with Gasteiger partial charge in [-0.15, -0.1) is 0 Å². The van der Waals surface area contributed by atoms with Crippen molar-refractivity contribution in [3.05, 3.63) is 24.0 Å². The molecule has 0 heterocycles. The number of anilines is 1. The van der Waals surface area contributed by atoms with Gasteiger partial charge in [0.2, 0.25) is 0 Å². The van der Waals surface area contributed by atoms with Crippen molar-refractivity contribution in [2.24, 2.45) is 0 Å². The molecule has 1 rings (SSSR count). The van der Waals surface area contributed by atoms with Gasteiger partial charge in [-0.2, -0.15) is 0 Å². The Labute approximate surface area is 100.0 Å². The first-order chi connectivity index (χ1) is 7.90. The van der Waals surface area contributed by atoms with E-state index in [4.69, 9.17) is 10.5 Å². The minimum Gasteiger partial charge on any atom is -0.478 e. The molecular formula is C12H17FN2O2. The largest absolute Gasteiger partial charge is 0.478 e. The minimum atomic E-state index is -0.754. The number of amides is 1. The van der Waals surface area contributed by atoms with E-state index in [1.54, 1.807) is 6.92 Å². The molecule has 3 N–H and O–H groups in total. The predicted molar refractivity (Wildman–Crippen MR) is 64.2 cm³/mol. The van der Waals surface area contributed by atoms with Crippen LogP contribution in [0.25, 0.3) is 0 Å². The Morgan fingerprint density at radius 1 is 1.41 bits per heavy atom. The highest BCUT2D eigenvalue weighted by molar-refractivity contribution is 5.80. The first-order valence-corrected chi connectivity index (χ1v) is 5.42. The zero-order valence-electron chi connectivity index (χ0n) is 10.2. The molecular weight excluding hydrogens is 223 g/mol. The number of nitrogens with one attached hydrogen (secondary N) is 1. The highest BCUT2D eigenvalue weighted by Crippen LogP contribution is 2.20. The van der Waals surface area contributed by atoms with Gasteiger partial charge in [0.15, 0.2) is 17.7 Å². The fraction of sp³-hybridized carbons (Fsp3) is 0.417. The average molecular weight is 240 g/mol. The lowest BCUT2D eigenvalue weighted by Gasteiger charge is -2.16. The van der Waals surface area contributed by atoms with Crippen molar-refractivity contribution in [3.63, 3.8) is 0 Å². The topological polar surface area (TPSA) is 64.3 Å². The number of hydrogen-bond acceptors (Lipinski definition) is 3. The molecule has 0 bridgehead atoms. The number of rotatable bonds is 4. The molecule has 0 aliphatic rings. The van der Waals surface area contributed by atoms with Crippen LogP contribution in [0, 0.1) is 5.82 Å². The van der Waals surface area contributed by atoms with Gasteiger partial charge in [-0.1, -0.05) is 0 Å². The molecule has 0 saturated carbocycles. The van der Waals surface area contributed by atoms with Gasteiger partial charge in [0.1, 0.15) is 0 Å². The Morgan fingerprint density at radius 3 is 2.59 bits per heavy atom. The number of hydrogen-bond donors (Lipinski definition) is 2. The molecule has 1 amide bonds. The van der Waals surface area contributed by atoms with E-state index in [1.165, 1.54) is 12.1 Å². The third-order valence-electron chi connectivity index (χ3n) is 2.06. The van der Waals surface area contributed by atoms with Crippen LogP contribution in [0.2, 0.25) is 0 Å². The molecule has 94 valence electrons. The summed E-state index contributed by atoms with van der Waals surface area (Å²) in [5.74, 6) is -0.837. The van der Waals surface area contributed by atoms with Crippen molar-refractivity contribution in [2.75, 3.05) is 5.73 Å². The summed E-state index contributed by atoms with van der Waals surface area (Å²) < 4.78 is 18.6. The highest BCUT2D eigenvalue weighted by atomic mass is 19.1. The SMILES string of the molecule is CC(C)NC(=O)C(C)Oc1ccc(N)cc1F. The summed E-state index contributed by atoms with van der Waals surface area (Å²) in [6.45, 7) is 5.25. The maximum absolute atomic E-state index is 13.4. The van der Waals surface area contributed by atoms with E-state index < -0.39 is 11.9 Å². The van der Waals surface area contributed by atoms with Gasteiger partial charge in [0.25, 0.3) is 5.91 Å². The van der Waals surface area contributed by atoms with Crippen molar-refractivity contribution in [2.45, 2.75) is 32.9 Å². The smallest absolute Gasteiger partial charge is 0.260 e. The number of nitrogen functional groups attached to an aromatic ring is 1. The normalized spacial score (nSPS) is 12.3. The average Bonchev–Trinajstić information content (AvgIpc) is 2.21. The maximum atomic E-state index is 13.4. The summed E-state index contributed by atoms with van der Waals surface area (Å²) in [4.78, 5) is 11.6. The third-order valence-corrected chi connectivity index (χ3v) is 2.06. The molecule has 0 spiro atoms. The molecule has 1 unspecified atom stereocenters. The van der Waals surface area contributed by atoms with E-state index in [0.717, 1.165) is 6.07 Å². The first-order valence-electron chi connectivity index (χ1n) is 5.42. The standard InChI is InChI=1S/C12H17FN2O2/c1-7(2)15-12(16)8(3)17-11-5-4-9(14)6-10(11)13/h4-8H,14H2,1-3H3,(H,15,16). The summed E-state index contributed by atoms with van der Waals surface area (Å²) in [5, 5.41) is 2.68. The van der Waals surface area contributed by atoms with Crippen LogP contribution in [0.1, 0.15) is 20.8 Å². The van der Waals surface area contributed by atoms with E-state index >= 15 is 0 Å². The van der Waals surface area contributed by atoms with Gasteiger partial charge in [0.05, 0.1) is 0 Å². The number of nitrogens with two attached hydrogens (primary N) is 1. The van der Waals surface area contributed by atoms with Crippen molar-refractivity contribution in [3.8, 4) is 5.75 Å². The zero-order valence-corrected chi connectivity index (χ0v) is 10.2. The Balaban J connectivity index is 2.67. The monoisotopic (exact) mass is 240 g/mol. The number of carbonyl (C=O) groups is 1. The molecule has 4 nitrogen and oxygen atoms in total.